The average Bonchev–Trinajstić information content (AvgIpc) is 2.43. The lowest BCUT2D eigenvalue weighted by molar-refractivity contribution is 0.176. The van der Waals surface area contributed by atoms with Crippen LogP contribution in [0.5, 0.6) is 5.75 Å². The van der Waals surface area contributed by atoms with E-state index in [1.54, 1.807) is 11.8 Å². The van der Waals surface area contributed by atoms with Gasteiger partial charge in [-0.3, -0.25) is 0 Å². The summed E-state index contributed by atoms with van der Waals surface area (Å²) >= 11 is 1.71. The van der Waals surface area contributed by atoms with Crippen LogP contribution in [0, 0.1) is 5.92 Å². The molecule has 19 heavy (non-hydrogen) atoms. The van der Waals surface area contributed by atoms with Crippen molar-refractivity contribution in [1.82, 2.24) is 5.32 Å². The van der Waals surface area contributed by atoms with Crippen LogP contribution in [0.1, 0.15) is 25.5 Å². The molecule has 1 aromatic rings. The molecule has 1 aliphatic heterocycles. The molecule has 1 aliphatic rings. The Morgan fingerprint density at radius 3 is 2.89 bits per heavy atom. The van der Waals surface area contributed by atoms with Gasteiger partial charge in [-0.1, -0.05) is 25.1 Å². The van der Waals surface area contributed by atoms with Crippen LogP contribution in [0.15, 0.2) is 24.3 Å². The lowest BCUT2D eigenvalue weighted by Crippen LogP contribution is -2.44. The molecule has 4 atom stereocenters. The SMILES string of the molecule is CSC(CO)C(C)NC1c2ccccc2OCC1C. The van der Waals surface area contributed by atoms with E-state index in [2.05, 4.69) is 31.3 Å². The zero-order valence-electron chi connectivity index (χ0n) is 11.8. The summed E-state index contributed by atoms with van der Waals surface area (Å²) in [6, 6.07) is 8.77. The number of hydrogen-bond donors (Lipinski definition) is 2. The molecule has 2 rings (SSSR count). The van der Waals surface area contributed by atoms with Crippen LogP contribution in [-0.2, 0) is 0 Å². The van der Waals surface area contributed by atoms with E-state index in [4.69, 9.17) is 4.74 Å². The Balaban J connectivity index is 2.15. The van der Waals surface area contributed by atoms with Crippen molar-refractivity contribution in [3.63, 3.8) is 0 Å². The van der Waals surface area contributed by atoms with E-state index in [1.807, 2.05) is 18.4 Å². The minimum atomic E-state index is 0.203. The van der Waals surface area contributed by atoms with Crippen molar-refractivity contribution in [2.45, 2.75) is 31.2 Å². The molecule has 0 saturated heterocycles. The van der Waals surface area contributed by atoms with Gasteiger partial charge in [0, 0.05) is 28.8 Å². The van der Waals surface area contributed by atoms with Crippen LogP contribution in [0.25, 0.3) is 0 Å². The fourth-order valence-electron chi connectivity index (χ4n) is 2.57. The average molecular weight is 281 g/mol. The number of aliphatic hydroxyl groups is 1. The molecule has 0 saturated carbocycles. The number of aliphatic hydroxyl groups excluding tert-OH is 1. The Hall–Kier alpha value is -0.710. The quantitative estimate of drug-likeness (QED) is 0.870. The van der Waals surface area contributed by atoms with Gasteiger partial charge in [0.25, 0.3) is 0 Å². The summed E-state index contributed by atoms with van der Waals surface area (Å²) < 4.78 is 5.77. The Kier molecular flexibility index (Phi) is 5.13. The topological polar surface area (TPSA) is 41.5 Å². The van der Waals surface area contributed by atoms with Crippen molar-refractivity contribution in [3.8, 4) is 5.75 Å². The second-order valence-corrected chi connectivity index (χ2v) is 6.29. The number of ether oxygens (including phenoxy) is 1. The van der Waals surface area contributed by atoms with Crippen molar-refractivity contribution >= 4 is 11.8 Å². The number of hydrogen-bond acceptors (Lipinski definition) is 4. The number of nitrogens with one attached hydrogen (secondary N) is 1. The van der Waals surface area contributed by atoms with E-state index >= 15 is 0 Å². The van der Waals surface area contributed by atoms with Crippen molar-refractivity contribution in [2.24, 2.45) is 5.92 Å². The normalized spacial score (nSPS) is 25.3. The van der Waals surface area contributed by atoms with Gasteiger partial charge in [-0.2, -0.15) is 11.8 Å². The highest BCUT2D eigenvalue weighted by molar-refractivity contribution is 7.99. The molecule has 2 N–H and O–H groups in total. The maximum Gasteiger partial charge on any atom is 0.124 e. The third-order valence-electron chi connectivity index (χ3n) is 3.81. The predicted octanol–water partition coefficient (Wildman–Crippen LogP) is 2.46. The fraction of sp³-hybridized carbons (Fsp3) is 0.600. The van der Waals surface area contributed by atoms with Crippen molar-refractivity contribution < 1.29 is 9.84 Å². The van der Waals surface area contributed by atoms with Gasteiger partial charge in [0.1, 0.15) is 5.75 Å². The van der Waals surface area contributed by atoms with Crippen LogP contribution in [0.3, 0.4) is 0 Å². The van der Waals surface area contributed by atoms with Crippen molar-refractivity contribution in [3.05, 3.63) is 29.8 Å². The van der Waals surface area contributed by atoms with Gasteiger partial charge in [-0.15, -0.1) is 0 Å². The van der Waals surface area contributed by atoms with Gasteiger partial charge in [0.05, 0.1) is 13.2 Å². The molecular weight excluding hydrogens is 258 g/mol. The molecule has 0 bridgehead atoms. The highest BCUT2D eigenvalue weighted by atomic mass is 32.2. The van der Waals surface area contributed by atoms with Gasteiger partial charge < -0.3 is 15.2 Å². The van der Waals surface area contributed by atoms with E-state index < -0.39 is 0 Å². The first kappa shape index (κ1) is 14.7. The molecule has 0 aromatic heterocycles. The van der Waals surface area contributed by atoms with Crippen LogP contribution >= 0.6 is 11.8 Å². The second kappa shape index (κ2) is 6.64. The molecule has 0 spiro atoms. The highest BCUT2D eigenvalue weighted by Gasteiger charge is 2.30. The molecule has 1 aromatic carbocycles. The van der Waals surface area contributed by atoms with E-state index in [9.17, 15) is 5.11 Å². The number of rotatable bonds is 5. The monoisotopic (exact) mass is 281 g/mol. The highest BCUT2D eigenvalue weighted by Crippen LogP contribution is 2.35. The Morgan fingerprint density at radius 1 is 1.47 bits per heavy atom. The van der Waals surface area contributed by atoms with Crippen LogP contribution < -0.4 is 10.1 Å². The van der Waals surface area contributed by atoms with E-state index in [0.717, 1.165) is 12.4 Å². The largest absolute Gasteiger partial charge is 0.493 e. The Labute approximate surface area is 119 Å². The number of fused-ring (bicyclic) bond motifs is 1. The lowest BCUT2D eigenvalue weighted by atomic mass is 9.91. The molecule has 106 valence electrons. The summed E-state index contributed by atoms with van der Waals surface area (Å²) in [5, 5.41) is 13.3. The van der Waals surface area contributed by atoms with Gasteiger partial charge >= 0.3 is 0 Å². The maximum atomic E-state index is 9.40. The molecular formula is C15H23NO2S. The van der Waals surface area contributed by atoms with Gasteiger partial charge in [0.15, 0.2) is 0 Å². The Morgan fingerprint density at radius 2 is 2.21 bits per heavy atom. The van der Waals surface area contributed by atoms with E-state index in [1.165, 1.54) is 5.56 Å². The summed E-state index contributed by atoms with van der Waals surface area (Å²) in [6.07, 6.45) is 2.04. The summed E-state index contributed by atoms with van der Waals surface area (Å²) in [5.74, 6) is 1.41. The summed E-state index contributed by atoms with van der Waals surface area (Å²) in [7, 11) is 0. The first-order chi connectivity index (χ1) is 9.17. The van der Waals surface area contributed by atoms with Gasteiger partial charge in [-0.25, -0.2) is 0 Å². The third-order valence-corrected chi connectivity index (χ3v) is 4.97. The van der Waals surface area contributed by atoms with E-state index in [-0.39, 0.29) is 17.9 Å². The van der Waals surface area contributed by atoms with Crippen LogP contribution in [0.2, 0.25) is 0 Å². The van der Waals surface area contributed by atoms with Crippen LogP contribution in [-0.4, -0.2) is 35.9 Å². The minimum absolute atomic E-state index is 0.203. The molecule has 4 unspecified atom stereocenters. The summed E-state index contributed by atoms with van der Waals surface area (Å²) in [6.45, 7) is 5.29. The molecule has 0 amide bonds. The zero-order chi connectivity index (χ0) is 13.8. The number of thioether (sulfide) groups is 1. The van der Waals surface area contributed by atoms with Crippen molar-refractivity contribution in [1.29, 1.82) is 0 Å². The van der Waals surface area contributed by atoms with Gasteiger partial charge in [0.2, 0.25) is 0 Å². The van der Waals surface area contributed by atoms with Gasteiger partial charge in [-0.05, 0) is 19.2 Å². The maximum absolute atomic E-state index is 9.40. The smallest absolute Gasteiger partial charge is 0.124 e. The minimum Gasteiger partial charge on any atom is -0.493 e. The Bertz CT molecular complexity index is 409. The summed E-state index contributed by atoms with van der Waals surface area (Å²) in [4.78, 5) is 0. The van der Waals surface area contributed by atoms with Crippen LogP contribution in [0.4, 0.5) is 0 Å². The van der Waals surface area contributed by atoms with E-state index in [0.29, 0.717) is 12.0 Å². The zero-order valence-corrected chi connectivity index (χ0v) is 12.6. The molecule has 0 aliphatic carbocycles. The number of para-hydroxylation sites is 1. The molecule has 3 nitrogen and oxygen atoms in total. The first-order valence-electron chi connectivity index (χ1n) is 6.78. The lowest BCUT2D eigenvalue weighted by Gasteiger charge is -2.35. The fourth-order valence-corrected chi connectivity index (χ4v) is 3.21. The predicted molar refractivity (Wildman–Crippen MR) is 80.8 cm³/mol. The molecule has 4 heteroatoms. The molecule has 0 fully saturated rings. The molecule has 1 heterocycles. The second-order valence-electron chi connectivity index (χ2n) is 5.22. The third kappa shape index (κ3) is 3.25. The molecule has 0 radical (unpaired) electrons. The standard InChI is InChI=1S/C15H23NO2S/c1-10-9-18-13-7-5-4-6-12(13)15(10)16-11(2)14(8-17)19-3/h4-7,10-11,14-17H,8-9H2,1-3H3. The van der Waals surface area contributed by atoms with Crippen molar-refractivity contribution in [2.75, 3.05) is 19.5 Å². The number of benzene rings is 1. The summed E-state index contributed by atoms with van der Waals surface area (Å²) in [5.41, 5.74) is 1.23. The first-order valence-corrected chi connectivity index (χ1v) is 8.07.